The molecule has 1 saturated heterocycles. The Kier molecular flexibility index (Phi) is 4.61. The minimum absolute atomic E-state index is 0.0113. The normalized spacial score (nSPS) is 25.8. The highest BCUT2D eigenvalue weighted by atomic mass is 16.2. The lowest BCUT2D eigenvalue weighted by molar-refractivity contribution is -0.128. The summed E-state index contributed by atoms with van der Waals surface area (Å²) in [6.07, 6.45) is 8.12. The predicted molar refractivity (Wildman–Crippen MR) is 70.0 cm³/mol. The van der Waals surface area contributed by atoms with E-state index in [1.165, 1.54) is 25.7 Å². The minimum atomic E-state index is 0.0113. The summed E-state index contributed by atoms with van der Waals surface area (Å²) in [7, 11) is 0. The van der Waals surface area contributed by atoms with Gasteiger partial charge in [-0.15, -0.1) is 0 Å². The van der Waals surface area contributed by atoms with Crippen LogP contribution in [0.25, 0.3) is 0 Å². The highest BCUT2D eigenvalue weighted by Crippen LogP contribution is 2.20. The van der Waals surface area contributed by atoms with Gasteiger partial charge in [0.15, 0.2) is 0 Å². The lowest BCUT2D eigenvalue weighted by Gasteiger charge is -2.19. The standard InChI is InChI=1S/C14H24N2O2/c1-11(17)16-9-8-12(10-16)14(18)15-13-6-4-2-3-5-7-13/h12-13H,2-10H2,1H3,(H,15,18). The Morgan fingerprint density at radius 2 is 1.72 bits per heavy atom. The van der Waals surface area contributed by atoms with Crippen LogP contribution < -0.4 is 5.32 Å². The molecular formula is C14H24N2O2. The molecule has 0 bridgehead atoms. The molecule has 18 heavy (non-hydrogen) atoms. The van der Waals surface area contributed by atoms with Crippen LogP contribution >= 0.6 is 0 Å². The van der Waals surface area contributed by atoms with Gasteiger partial charge < -0.3 is 10.2 Å². The summed E-state index contributed by atoms with van der Waals surface area (Å²) in [5.41, 5.74) is 0. The molecule has 0 aromatic carbocycles. The van der Waals surface area contributed by atoms with Crippen LogP contribution in [0.3, 0.4) is 0 Å². The van der Waals surface area contributed by atoms with Crippen molar-refractivity contribution in [3.05, 3.63) is 0 Å². The number of carbonyl (C=O) groups excluding carboxylic acids is 2. The summed E-state index contributed by atoms with van der Waals surface area (Å²) in [6.45, 7) is 2.91. The fraction of sp³-hybridized carbons (Fsp3) is 0.857. The number of likely N-dealkylation sites (tertiary alicyclic amines) is 1. The van der Waals surface area contributed by atoms with E-state index in [1.54, 1.807) is 11.8 Å². The number of nitrogens with zero attached hydrogens (tertiary/aromatic N) is 1. The van der Waals surface area contributed by atoms with E-state index in [2.05, 4.69) is 5.32 Å². The SMILES string of the molecule is CC(=O)N1CCC(C(=O)NC2CCCCCC2)C1. The lowest BCUT2D eigenvalue weighted by Crippen LogP contribution is -2.40. The molecule has 0 aromatic heterocycles. The second kappa shape index (κ2) is 6.21. The fourth-order valence-corrected chi connectivity index (χ4v) is 3.00. The first-order valence-electron chi connectivity index (χ1n) is 7.22. The zero-order valence-electron chi connectivity index (χ0n) is 11.3. The van der Waals surface area contributed by atoms with Crippen LogP contribution in [0.2, 0.25) is 0 Å². The van der Waals surface area contributed by atoms with Gasteiger partial charge in [-0.1, -0.05) is 25.7 Å². The molecule has 1 unspecified atom stereocenters. The molecule has 0 aromatic rings. The molecule has 2 fully saturated rings. The van der Waals surface area contributed by atoms with Crippen molar-refractivity contribution in [2.45, 2.75) is 57.9 Å². The number of nitrogens with one attached hydrogen (secondary N) is 1. The molecule has 4 heteroatoms. The molecule has 0 radical (unpaired) electrons. The largest absolute Gasteiger partial charge is 0.353 e. The Hall–Kier alpha value is -1.06. The summed E-state index contributed by atoms with van der Waals surface area (Å²) < 4.78 is 0. The van der Waals surface area contributed by atoms with Crippen molar-refractivity contribution in [2.75, 3.05) is 13.1 Å². The number of rotatable bonds is 2. The van der Waals surface area contributed by atoms with Gasteiger partial charge in [-0.25, -0.2) is 0 Å². The van der Waals surface area contributed by atoms with Gasteiger partial charge in [0.25, 0.3) is 0 Å². The van der Waals surface area contributed by atoms with Gasteiger partial charge in [0, 0.05) is 26.1 Å². The van der Waals surface area contributed by atoms with Crippen molar-refractivity contribution in [1.82, 2.24) is 10.2 Å². The third-order valence-electron chi connectivity index (χ3n) is 4.21. The molecule has 1 atom stereocenters. The molecule has 2 rings (SSSR count). The number of hydrogen-bond acceptors (Lipinski definition) is 2. The van der Waals surface area contributed by atoms with Crippen molar-refractivity contribution in [3.63, 3.8) is 0 Å². The monoisotopic (exact) mass is 252 g/mol. The maximum Gasteiger partial charge on any atom is 0.225 e. The first-order valence-corrected chi connectivity index (χ1v) is 7.22. The van der Waals surface area contributed by atoms with E-state index in [-0.39, 0.29) is 17.7 Å². The Morgan fingerprint density at radius 3 is 2.28 bits per heavy atom. The Morgan fingerprint density at radius 1 is 1.06 bits per heavy atom. The molecule has 1 N–H and O–H groups in total. The maximum atomic E-state index is 12.1. The second-order valence-electron chi connectivity index (χ2n) is 5.65. The Balaban J connectivity index is 1.79. The van der Waals surface area contributed by atoms with Gasteiger partial charge >= 0.3 is 0 Å². The molecule has 0 spiro atoms. The van der Waals surface area contributed by atoms with Gasteiger partial charge in [-0.3, -0.25) is 9.59 Å². The minimum Gasteiger partial charge on any atom is -0.353 e. The number of hydrogen-bond donors (Lipinski definition) is 1. The fourth-order valence-electron chi connectivity index (χ4n) is 3.00. The summed E-state index contributed by atoms with van der Waals surface area (Å²) in [5.74, 6) is 0.252. The average Bonchev–Trinajstić information content (AvgIpc) is 2.70. The zero-order valence-corrected chi connectivity index (χ0v) is 11.3. The summed E-state index contributed by atoms with van der Waals surface area (Å²) in [5, 5.41) is 3.18. The first-order chi connectivity index (χ1) is 8.66. The van der Waals surface area contributed by atoms with Crippen molar-refractivity contribution in [2.24, 2.45) is 5.92 Å². The van der Waals surface area contributed by atoms with Crippen molar-refractivity contribution < 1.29 is 9.59 Å². The average molecular weight is 252 g/mol. The molecule has 4 nitrogen and oxygen atoms in total. The zero-order chi connectivity index (χ0) is 13.0. The Bertz CT molecular complexity index is 309. The van der Waals surface area contributed by atoms with Gasteiger partial charge in [-0.2, -0.15) is 0 Å². The van der Waals surface area contributed by atoms with Crippen molar-refractivity contribution in [1.29, 1.82) is 0 Å². The van der Waals surface area contributed by atoms with Crippen molar-refractivity contribution >= 4 is 11.8 Å². The van der Waals surface area contributed by atoms with Gasteiger partial charge in [-0.05, 0) is 19.3 Å². The second-order valence-corrected chi connectivity index (χ2v) is 5.65. The van der Waals surface area contributed by atoms with Crippen LogP contribution in [-0.4, -0.2) is 35.8 Å². The number of amides is 2. The highest BCUT2D eigenvalue weighted by Gasteiger charge is 2.30. The predicted octanol–water partition coefficient (Wildman–Crippen LogP) is 1.69. The van der Waals surface area contributed by atoms with E-state index in [0.717, 1.165) is 25.8 Å². The van der Waals surface area contributed by atoms with Gasteiger partial charge in [0.2, 0.25) is 11.8 Å². The molecule has 1 aliphatic heterocycles. The van der Waals surface area contributed by atoms with E-state index in [0.29, 0.717) is 12.6 Å². The highest BCUT2D eigenvalue weighted by molar-refractivity contribution is 5.81. The molecular weight excluding hydrogens is 228 g/mol. The molecule has 1 aliphatic carbocycles. The number of carbonyl (C=O) groups is 2. The van der Waals surface area contributed by atoms with E-state index in [9.17, 15) is 9.59 Å². The van der Waals surface area contributed by atoms with Crippen LogP contribution in [0.15, 0.2) is 0 Å². The summed E-state index contributed by atoms with van der Waals surface area (Å²) in [6, 6.07) is 0.367. The van der Waals surface area contributed by atoms with Gasteiger partial charge in [0.05, 0.1) is 5.92 Å². The van der Waals surface area contributed by atoms with Crippen LogP contribution in [0.5, 0.6) is 0 Å². The Labute approximate surface area is 109 Å². The van der Waals surface area contributed by atoms with E-state index in [1.807, 2.05) is 0 Å². The van der Waals surface area contributed by atoms with E-state index in [4.69, 9.17) is 0 Å². The van der Waals surface area contributed by atoms with Crippen LogP contribution in [-0.2, 0) is 9.59 Å². The van der Waals surface area contributed by atoms with E-state index < -0.39 is 0 Å². The van der Waals surface area contributed by atoms with Crippen LogP contribution in [0.1, 0.15) is 51.9 Å². The molecule has 1 heterocycles. The van der Waals surface area contributed by atoms with Crippen LogP contribution in [0.4, 0.5) is 0 Å². The third-order valence-corrected chi connectivity index (χ3v) is 4.21. The van der Waals surface area contributed by atoms with Crippen molar-refractivity contribution in [3.8, 4) is 0 Å². The van der Waals surface area contributed by atoms with E-state index >= 15 is 0 Å². The third kappa shape index (κ3) is 3.47. The topological polar surface area (TPSA) is 49.4 Å². The molecule has 1 saturated carbocycles. The smallest absolute Gasteiger partial charge is 0.225 e. The first kappa shape index (κ1) is 13.4. The van der Waals surface area contributed by atoms with Gasteiger partial charge in [0.1, 0.15) is 0 Å². The quantitative estimate of drug-likeness (QED) is 0.760. The maximum absolute atomic E-state index is 12.1. The lowest BCUT2D eigenvalue weighted by atomic mass is 10.1. The summed E-state index contributed by atoms with van der Waals surface area (Å²) >= 11 is 0. The molecule has 2 aliphatic rings. The van der Waals surface area contributed by atoms with Crippen LogP contribution in [0, 0.1) is 5.92 Å². The summed E-state index contributed by atoms with van der Waals surface area (Å²) in [4.78, 5) is 25.2. The molecule has 102 valence electrons. The molecule has 2 amide bonds.